The van der Waals surface area contributed by atoms with Gasteiger partial charge in [0.1, 0.15) is 5.82 Å². The van der Waals surface area contributed by atoms with Crippen LogP contribution in [0.4, 0.5) is 0 Å². The van der Waals surface area contributed by atoms with Crippen LogP contribution in [0.2, 0.25) is 0 Å². The second kappa shape index (κ2) is 3.51. The first-order chi connectivity index (χ1) is 6.72. The molecule has 0 radical (unpaired) electrons. The molecule has 1 aromatic carbocycles. The van der Waals surface area contributed by atoms with Crippen LogP contribution in [0, 0.1) is 0 Å². The van der Waals surface area contributed by atoms with E-state index in [-0.39, 0.29) is 12.1 Å². The SMILES string of the molecule is NCc1nc2c(Br)cccc2c(=O)[nH]1. The fraction of sp³-hybridized carbons (Fsp3) is 0.111. The first kappa shape index (κ1) is 9.36. The molecule has 0 saturated heterocycles. The van der Waals surface area contributed by atoms with Crippen molar-refractivity contribution in [1.29, 1.82) is 0 Å². The van der Waals surface area contributed by atoms with E-state index >= 15 is 0 Å². The molecule has 72 valence electrons. The number of H-pyrrole nitrogens is 1. The molecule has 0 bridgehead atoms. The summed E-state index contributed by atoms with van der Waals surface area (Å²) in [4.78, 5) is 18.4. The number of fused-ring (bicyclic) bond motifs is 1. The first-order valence-electron chi connectivity index (χ1n) is 4.10. The van der Waals surface area contributed by atoms with Gasteiger partial charge < -0.3 is 10.7 Å². The predicted molar refractivity (Wildman–Crippen MR) is 58.0 cm³/mol. The Hall–Kier alpha value is -1.20. The van der Waals surface area contributed by atoms with Gasteiger partial charge in [-0.25, -0.2) is 4.98 Å². The Bertz CT molecular complexity index is 535. The molecule has 2 aromatic rings. The van der Waals surface area contributed by atoms with Crippen LogP contribution in [0.25, 0.3) is 10.9 Å². The van der Waals surface area contributed by atoms with E-state index in [2.05, 4.69) is 25.9 Å². The number of hydrogen-bond donors (Lipinski definition) is 2. The standard InChI is InChI=1S/C9H8BrN3O/c10-6-3-1-2-5-8(6)12-7(4-11)13-9(5)14/h1-3H,4,11H2,(H,12,13,14). The van der Waals surface area contributed by atoms with Crippen LogP contribution in [0.5, 0.6) is 0 Å². The molecule has 0 spiro atoms. The van der Waals surface area contributed by atoms with E-state index in [9.17, 15) is 4.79 Å². The van der Waals surface area contributed by atoms with Crippen molar-refractivity contribution in [1.82, 2.24) is 9.97 Å². The third-order valence-corrected chi connectivity index (χ3v) is 2.57. The minimum Gasteiger partial charge on any atom is -0.324 e. The molecule has 14 heavy (non-hydrogen) atoms. The maximum Gasteiger partial charge on any atom is 0.258 e. The normalized spacial score (nSPS) is 10.7. The van der Waals surface area contributed by atoms with Gasteiger partial charge in [-0.15, -0.1) is 0 Å². The smallest absolute Gasteiger partial charge is 0.258 e. The van der Waals surface area contributed by atoms with Gasteiger partial charge >= 0.3 is 0 Å². The minimum absolute atomic E-state index is 0.156. The lowest BCUT2D eigenvalue weighted by Crippen LogP contribution is -2.14. The Balaban J connectivity index is 2.91. The number of nitrogens with one attached hydrogen (secondary N) is 1. The molecule has 1 heterocycles. The zero-order valence-corrected chi connectivity index (χ0v) is 8.84. The molecule has 3 N–H and O–H groups in total. The highest BCUT2D eigenvalue weighted by atomic mass is 79.9. The highest BCUT2D eigenvalue weighted by molar-refractivity contribution is 9.10. The van der Waals surface area contributed by atoms with E-state index in [1.807, 2.05) is 6.07 Å². The summed E-state index contributed by atoms with van der Waals surface area (Å²) in [6, 6.07) is 5.37. The summed E-state index contributed by atoms with van der Waals surface area (Å²) >= 11 is 3.34. The predicted octanol–water partition coefficient (Wildman–Crippen LogP) is 1.14. The molecule has 0 aliphatic carbocycles. The quantitative estimate of drug-likeness (QED) is 0.801. The van der Waals surface area contributed by atoms with Crippen molar-refractivity contribution in [2.75, 3.05) is 0 Å². The molecular formula is C9H8BrN3O. The van der Waals surface area contributed by atoms with Crippen LogP contribution in [0.15, 0.2) is 27.5 Å². The second-order valence-electron chi connectivity index (χ2n) is 2.85. The second-order valence-corrected chi connectivity index (χ2v) is 3.71. The highest BCUT2D eigenvalue weighted by Gasteiger charge is 2.04. The summed E-state index contributed by atoms with van der Waals surface area (Å²) in [7, 11) is 0. The lowest BCUT2D eigenvalue weighted by Gasteiger charge is -2.01. The Kier molecular flexibility index (Phi) is 2.35. The fourth-order valence-electron chi connectivity index (χ4n) is 1.27. The van der Waals surface area contributed by atoms with E-state index < -0.39 is 0 Å². The summed E-state index contributed by atoms with van der Waals surface area (Å²) in [6.45, 7) is 0.229. The molecule has 0 aliphatic rings. The van der Waals surface area contributed by atoms with Crippen molar-refractivity contribution in [3.63, 3.8) is 0 Å². The van der Waals surface area contributed by atoms with Crippen molar-refractivity contribution in [2.24, 2.45) is 5.73 Å². The van der Waals surface area contributed by atoms with E-state index in [4.69, 9.17) is 5.73 Å². The molecule has 1 aromatic heterocycles. The van der Waals surface area contributed by atoms with Crippen LogP contribution >= 0.6 is 15.9 Å². The van der Waals surface area contributed by atoms with Gasteiger partial charge in [0.25, 0.3) is 5.56 Å². The number of benzene rings is 1. The summed E-state index contributed by atoms with van der Waals surface area (Å²) in [5.74, 6) is 0.495. The van der Waals surface area contributed by atoms with Crippen LogP contribution in [-0.4, -0.2) is 9.97 Å². The van der Waals surface area contributed by atoms with Crippen LogP contribution in [0.1, 0.15) is 5.82 Å². The number of aromatic amines is 1. The van der Waals surface area contributed by atoms with Gasteiger partial charge in [0, 0.05) is 4.47 Å². The summed E-state index contributed by atoms with van der Waals surface area (Å²) < 4.78 is 0.802. The molecule has 0 saturated carbocycles. The lowest BCUT2D eigenvalue weighted by molar-refractivity contribution is 0.912. The van der Waals surface area contributed by atoms with Gasteiger partial charge in [-0.1, -0.05) is 6.07 Å². The molecule has 2 rings (SSSR count). The zero-order chi connectivity index (χ0) is 10.1. The Labute approximate surface area is 88.3 Å². The van der Waals surface area contributed by atoms with Gasteiger partial charge in [0.05, 0.1) is 17.4 Å². The summed E-state index contributed by atoms with van der Waals surface area (Å²) in [5.41, 5.74) is 5.91. The topological polar surface area (TPSA) is 71.8 Å². The monoisotopic (exact) mass is 253 g/mol. The van der Waals surface area contributed by atoms with Gasteiger partial charge in [-0.2, -0.15) is 0 Å². The first-order valence-corrected chi connectivity index (χ1v) is 4.89. The van der Waals surface area contributed by atoms with Crippen molar-refractivity contribution < 1.29 is 0 Å². The number of hydrogen-bond acceptors (Lipinski definition) is 3. The molecule has 0 fully saturated rings. The van der Waals surface area contributed by atoms with E-state index in [0.717, 1.165) is 4.47 Å². The van der Waals surface area contributed by atoms with Gasteiger partial charge in [-0.05, 0) is 28.1 Å². The number of aromatic nitrogens is 2. The minimum atomic E-state index is -0.156. The average Bonchev–Trinajstić information content (AvgIpc) is 2.19. The Morgan fingerprint density at radius 2 is 2.29 bits per heavy atom. The maximum absolute atomic E-state index is 11.5. The van der Waals surface area contributed by atoms with Crippen LogP contribution in [0.3, 0.4) is 0 Å². The Morgan fingerprint density at radius 1 is 1.50 bits per heavy atom. The highest BCUT2D eigenvalue weighted by Crippen LogP contribution is 2.18. The molecule has 5 heteroatoms. The third-order valence-electron chi connectivity index (χ3n) is 1.93. The van der Waals surface area contributed by atoms with Crippen molar-refractivity contribution >= 4 is 26.8 Å². The maximum atomic E-state index is 11.5. The number of rotatable bonds is 1. The lowest BCUT2D eigenvalue weighted by atomic mass is 10.2. The number of para-hydroxylation sites is 1. The Morgan fingerprint density at radius 3 is 3.00 bits per heavy atom. The molecule has 0 unspecified atom stereocenters. The zero-order valence-electron chi connectivity index (χ0n) is 7.25. The number of nitrogens with two attached hydrogens (primary N) is 1. The fourth-order valence-corrected chi connectivity index (χ4v) is 1.73. The van der Waals surface area contributed by atoms with Crippen molar-refractivity contribution in [2.45, 2.75) is 6.54 Å². The molecule has 0 atom stereocenters. The van der Waals surface area contributed by atoms with Gasteiger partial charge in [0.2, 0.25) is 0 Å². The summed E-state index contributed by atoms with van der Waals surface area (Å²) in [5, 5.41) is 0.566. The summed E-state index contributed by atoms with van der Waals surface area (Å²) in [6.07, 6.45) is 0. The van der Waals surface area contributed by atoms with Crippen LogP contribution in [-0.2, 0) is 6.54 Å². The van der Waals surface area contributed by atoms with Crippen molar-refractivity contribution in [3.8, 4) is 0 Å². The van der Waals surface area contributed by atoms with Crippen LogP contribution < -0.4 is 11.3 Å². The van der Waals surface area contributed by atoms with E-state index in [1.165, 1.54) is 0 Å². The molecule has 0 aliphatic heterocycles. The number of halogens is 1. The van der Waals surface area contributed by atoms with E-state index in [0.29, 0.717) is 16.7 Å². The third kappa shape index (κ3) is 1.44. The molecular weight excluding hydrogens is 246 g/mol. The number of nitrogens with zero attached hydrogens (tertiary/aromatic N) is 1. The van der Waals surface area contributed by atoms with E-state index in [1.54, 1.807) is 12.1 Å². The van der Waals surface area contributed by atoms with Gasteiger partial charge in [-0.3, -0.25) is 4.79 Å². The average molecular weight is 254 g/mol. The van der Waals surface area contributed by atoms with Gasteiger partial charge in [0.15, 0.2) is 0 Å². The van der Waals surface area contributed by atoms with Crippen molar-refractivity contribution in [3.05, 3.63) is 38.9 Å². The molecule has 4 nitrogen and oxygen atoms in total. The largest absolute Gasteiger partial charge is 0.324 e. The molecule has 0 amide bonds.